The number of methoxy groups -OCH3 is 1. The molecule has 0 spiro atoms. The fraction of sp³-hybridized carbons (Fsp3) is 0.235. The Morgan fingerprint density at radius 2 is 2.12 bits per heavy atom. The van der Waals surface area contributed by atoms with Gasteiger partial charge in [0.1, 0.15) is 17.6 Å². The summed E-state index contributed by atoms with van der Waals surface area (Å²) < 4.78 is 5.14. The number of aromatic nitrogens is 1. The number of benzene rings is 1. The summed E-state index contributed by atoms with van der Waals surface area (Å²) in [4.78, 5) is 15.8. The molecule has 0 atom stereocenters. The molecule has 0 saturated carbocycles. The van der Waals surface area contributed by atoms with E-state index in [0.29, 0.717) is 31.0 Å². The number of carbonyl (C=O) groups excluding carboxylic acids is 1. The molecule has 2 aromatic rings. The number of nitrogens with one attached hydrogen (secondary N) is 3. The van der Waals surface area contributed by atoms with Crippen molar-refractivity contribution < 1.29 is 9.53 Å². The summed E-state index contributed by atoms with van der Waals surface area (Å²) in [5.74, 6) is 1.26. The molecule has 0 aliphatic carbocycles. The van der Waals surface area contributed by atoms with Crippen LogP contribution in [0.25, 0.3) is 0 Å². The molecule has 1 aromatic carbocycles. The van der Waals surface area contributed by atoms with Crippen molar-refractivity contribution in [3.8, 4) is 11.8 Å². The maximum atomic E-state index is 11.8. The number of hydrogen-bond donors (Lipinski definition) is 3. The number of urea groups is 1. The highest BCUT2D eigenvalue weighted by Crippen LogP contribution is 2.12. The van der Waals surface area contributed by atoms with E-state index in [1.54, 1.807) is 25.4 Å². The number of nitriles is 1. The van der Waals surface area contributed by atoms with Crippen LogP contribution in [-0.4, -0.2) is 31.2 Å². The standard InChI is InChI=1S/C17H19N5O2/c1-24-15-6-2-4-13(10-15)12-22-17(23)21-9-8-20-16-14(11-18)5-3-7-19-16/h2-7,10H,8-9,12H2,1H3,(H,19,20)(H2,21,22,23). The Balaban J connectivity index is 1.69. The summed E-state index contributed by atoms with van der Waals surface area (Å²) >= 11 is 0. The van der Waals surface area contributed by atoms with Gasteiger partial charge < -0.3 is 20.7 Å². The van der Waals surface area contributed by atoms with Crippen LogP contribution < -0.4 is 20.7 Å². The average Bonchev–Trinajstić information content (AvgIpc) is 2.64. The lowest BCUT2D eigenvalue weighted by atomic mass is 10.2. The van der Waals surface area contributed by atoms with Gasteiger partial charge in [0.05, 0.1) is 12.7 Å². The van der Waals surface area contributed by atoms with E-state index in [1.807, 2.05) is 24.3 Å². The third-order valence-electron chi connectivity index (χ3n) is 3.22. The molecule has 7 nitrogen and oxygen atoms in total. The van der Waals surface area contributed by atoms with Gasteiger partial charge in [-0.2, -0.15) is 5.26 Å². The van der Waals surface area contributed by atoms with Crippen molar-refractivity contribution >= 4 is 11.8 Å². The van der Waals surface area contributed by atoms with Crippen LogP contribution in [0.4, 0.5) is 10.6 Å². The molecule has 2 rings (SSSR count). The quantitative estimate of drug-likeness (QED) is 0.675. The third kappa shape index (κ3) is 5.18. The Morgan fingerprint density at radius 1 is 1.25 bits per heavy atom. The molecule has 124 valence electrons. The van der Waals surface area contributed by atoms with Gasteiger partial charge >= 0.3 is 6.03 Å². The lowest BCUT2D eigenvalue weighted by Crippen LogP contribution is -2.37. The Bertz CT molecular complexity index is 727. The van der Waals surface area contributed by atoms with Crippen molar-refractivity contribution in [2.75, 3.05) is 25.5 Å². The SMILES string of the molecule is COc1cccc(CNC(=O)NCCNc2ncccc2C#N)c1. The van der Waals surface area contributed by atoms with Gasteiger partial charge in [-0.3, -0.25) is 0 Å². The van der Waals surface area contributed by atoms with E-state index >= 15 is 0 Å². The topological polar surface area (TPSA) is 99.1 Å². The molecule has 0 saturated heterocycles. The zero-order valence-electron chi connectivity index (χ0n) is 13.4. The zero-order chi connectivity index (χ0) is 17.2. The minimum absolute atomic E-state index is 0.263. The highest BCUT2D eigenvalue weighted by atomic mass is 16.5. The number of hydrogen-bond acceptors (Lipinski definition) is 5. The predicted octanol–water partition coefficient (Wildman–Crippen LogP) is 1.87. The normalized spacial score (nSPS) is 9.67. The van der Waals surface area contributed by atoms with Gasteiger partial charge in [0, 0.05) is 25.8 Å². The monoisotopic (exact) mass is 325 g/mol. The zero-order valence-corrected chi connectivity index (χ0v) is 13.4. The van der Waals surface area contributed by atoms with E-state index in [2.05, 4.69) is 27.0 Å². The number of nitrogens with zero attached hydrogens (tertiary/aromatic N) is 2. The van der Waals surface area contributed by atoms with Gasteiger partial charge in [0.15, 0.2) is 0 Å². The van der Waals surface area contributed by atoms with Crippen molar-refractivity contribution in [1.29, 1.82) is 5.26 Å². The van der Waals surface area contributed by atoms with Gasteiger partial charge in [-0.25, -0.2) is 9.78 Å². The minimum atomic E-state index is -0.263. The van der Waals surface area contributed by atoms with E-state index in [1.165, 1.54) is 0 Å². The Morgan fingerprint density at radius 3 is 2.92 bits per heavy atom. The molecule has 2 amide bonds. The molecule has 0 fully saturated rings. The lowest BCUT2D eigenvalue weighted by molar-refractivity contribution is 0.241. The van der Waals surface area contributed by atoms with Crippen LogP contribution in [0.15, 0.2) is 42.6 Å². The summed E-state index contributed by atoms with van der Waals surface area (Å²) in [5, 5.41) is 17.5. The maximum Gasteiger partial charge on any atom is 0.315 e. The summed E-state index contributed by atoms with van der Waals surface area (Å²) in [7, 11) is 1.60. The fourth-order valence-corrected chi connectivity index (χ4v) is 2.02. The molecule has 0 aliphatic heterocycles. The van der Waals surface area contributed by atoms with E-state index in [9.17, 15) is 4.79 Å². The number of rotatable bonds is 7. The minimum Gasteiger partial charge on any atom is -0.497 e. The largest absolute Gasteiger partial charge is 0.497 e. The highest BCUT2D eigenvalue weighted by molar-refractivity contribution is 5.73. The molecule has 1 aromatic heterocycles. The van der Waals surface area contributed by atoms with Gasteiger partial charge in [0.2, 0.25) is 0 Å². The predicted molar refractivity (Wildman–Crippen MR) is 90.7 cm³/mol. The smallest absolute Gasteiger partial charge is 0.315 e. The van der Waals surface area contributed by atoms with Crippen LogP contribution in [0, 0.1) is 11.3 Å². The van der Waals surface area contributed by atoms with Crippen LogP contribution in [0.3, 0.4) is 0 Å². The Labute approximate surface area is 140 Å². The number of ether oxygens (including phenoxy) is 1. The highest BCUT2D eigenvalue weighted by Gasteiger charge is 2.03. The molecular formula is C17H19N5O2. The first kappa shape index (κ1) is 17.1. The van der Waals surface area contributed by atoms with Crippen LogP contribution >= 0.6 is 0 Å². The number of anilines is 1. The van der Waals surface area contributed by atoms with Gasteiger partial charge in [-0.1, -0.05) is 12.1 Å². The molecule has 3 N–H and O–H groups in total. The molecule has 0 unspecified atom stereocenters. The summed E-state index contributed by atoms with van der Waals surface area (Å²) in [6.07, 6.45) is 1.61. The maximum absolute atomic E-state index is 11.8. The van der Waals surface area contributed by atoms with Crippen LogP contribution in [-0.2, 0) is 6.54 Å². The van der Waals surface area contributed by atoms with E-state index < -0.39 is 0 Å². The molecular weight excluding hydrogens is 306 g/mol. The molecule has 0 radical (unpaired) electrons. The number of amides is 2. The number of pyridine rings is 1. The molecule has 1 heterocycles. The van der Waals surface area contributed by atoms with Gasteiger partial charge in [-0.05, 0) is 29.8 Å². The Kier molecular flexibility index (Phi) is 6.41. The van der Waals surface area contributed by atoms with Crippen molar-refractivity contribution in [2.45, 2.75) is 6.54 Å². The van der Waals surface area contributed by atoms with E-state index in [-0.39, 0.29) is 6.03 Å². The molecule has 0 bridgehead atoms. The van der Waals surface area contributed by atoms with Gasteiger partial charge in [0.25, 0.3) is 0 Å². The van der Waals surface area contributed by atoms with Crippen LogP contribution in [0.5, 0.6) is 5.75 Å². The second-order valence-corrected chi connectivity index (χ2v) is 4.90. The van der Waals surface area contributed by atoms with Gasteiger partial charge in [-0.15, -0.1) is 0 Å². The second kappa shape index (κ2) is 9.00. The summed E-state index contributed by atoms with van der Waals surface area (Å²) in [6, 6.07) is 12.7. The lowest BCUT2D eigenvalue weighted by Gasteiger charge is -2.10. The Hall–Kier alpha value is -3.27. The molecule has 24 heavy (non-hydrogen) atoms. The molecule has 7 heteroatoms. The van der Waals surface area contributed by atoms with E-state index in [0.717, 1.165) is 11.3 Å². The first-order valence-corrected chi connectivity index (χ1v) is 7.46. The van der Waals surface area contributed by atoms with Crippen LogP contribution in [0.2, 0.25) is 0 Å². The fourth-order valence-electron chi connectivity index (χ4n) is 2.02. The van der Waals surface area contributed by atoms with Crippen molar-refractivity contribution in [3.63, 3.8) is 0 Å². The molecule has 0 aliphatic rings. The van der Waals surface area contributed by atoms with Crippen molar-refractivity contribution in [1.82, 2.24) is 15.6 Å². The van der Waals surface area contributed by atoms with Crippen molar-refractivity contribution in [2.24, 2.45) is 0 Å². The first-order chi connectivity index (χ1) is 11.7. The summed E-state index contributed by atoms with van der Waals surface area (Å²) in [6.45, 7) is 1.29. The number of carbonyl (C=O) groups is 1. The first-order valence-electron chi connectivity index (χ1n) is 7.46. The van der Waals surface area contributed by atoms with E-state index in [4.69, 9.17) is 10.00 Å². The second-order valence-electron chi connectivity index (χ2n) is 4.90. The summed E-state index contributed by atoms with van der Waals surface area (Å²) in [5.41, 5.74) is 1.43. The third-order valence-corrected chi connectivity index (χ3v) is 3.22. The van der Waals surface area contributed by atoms with Crippen LogP contribution in [0.1, 0.15) is 11.1 Å². The van der Waals surface area contributed by atoms with Crippen molar-refractivity contribution in [3.05, 3.63) is 53.7 Å². The average molecular weight is 325 g/mol.